The molecule has 4 aromatic rings. The third kappa shape index (κ3) is 3.92. The van der Waals surface area contributed by atoms with Crippen LogP contribution in [-0.4, -0.2) is 29.0 Å². The van der Waals surface area contributed by atoms with Gasteiger partial charge >= 0.3 is 0 Å². The third-order valence-electron chi connectivity index (χ3n) is 4.38. The van der Waals surface area contributed by atoms with E-state index >= 15 is 0 Å². The molecule has 4 rings (SSSR count). The Balaban J connectivity index is 1.58. The molecule has 0 aliphatic heterocycles. The highest BCUT2D eigenvalue weighted by atomic mass is 35.5. The third-order valence-corrected chi connectivity index (χ3v) is 5.99. The molecule has 0 fully saturated rings. The summed E-state index contributed by atoms with van der Waals surface area (Å²) in [5.41, 5.74) is 4.88. The molecule has 0 saturated heterocycles. The number of rotatable bonds is 5. The SMILES string of the molecule is COc1c(Cl)cc(Cl)cc1/C=N/NC(=O)c1cc2c(C)nn(-c3ccccc3)c2s1. The van der Waals surface area contributed by atoms with Crippen molar-refractivity contribution in [1.29, 1.82) is 0 Å². The van der Waals surface area contributed by atoms with Crippen LogP contribution < -0.4 is 10.2 Å². The minimum absolute atomic E-state index is 0.321. The molecule has 9 heteroatoms. The summed E-state index contributed by atoms with van der Waals surface area (Å²) in [5, 5.41) is 10.4. The Morgan fingerprint density at radius 2 is 2.00 bits per heavy atom. The topological polar surface area (TPSA) is 68.5 Å². The van der Waals surface area contributed by atoms with Crippen molar-refractivity contribution in [2.24, 2.45) is 5.10 Å². The number of methoxy groups -OCH3 is 1. The number of fused-ring (bicyclic) bond motifs is 1. The molecule has 1 N–H and O–H groups in total. The number of para-hydroxylation sites is 1. The Morgan fingerprint density at radius 1 is 1.23 bits per heavy atom. The second-order valence-electron chi connectivity index (χ2n) is 6.37. The van der Waals surface area contributed by atoms with E-state index < -0.39 is 0 Å². The number of hydrogen-bond donors (Lipinski definition) is 1. The average Bonchev–Trinajstić information content (AvgIpc) is 3.29. The number of halogens is 2. The molecule has 0 unspecified atom stereocenters. The zero-order chi connectivity index (χ0) is 21.3. The summed E-state index contributed by atoms with van der Waals surface area (Å²) in [6.07, 6.45) is 1.44. The smallest absolute Gasteiger partial charge is 0.281 e. The van der Waals surface area contributed by atoms with Gasteiger partial charge in [0.2, 0.25) is 0 Å². The van der Waals surface area contributed by atoms with Crippen molar-refractivity contribution in [2.75, 3.05) is 7.11 Å². The summed E-state index contributed by atoms with van der Waals surface area (Å²) in [6, 6.07) is 14.8. The number of carbonyl (C=O) groups excluding carboxylic acids is 1. The molecule has 2 heterocycles. The lowest BCUT2D eigenvalue weighted by atomic mass is 10.2. The maximum Gasteiger partial charge on any atom is 0.281 e. The summed E-state index contributed by atoms with van der Waals surface area (Å²) in [6.45, 7) is 1.92. The largest absolute Gasteiger partial charge is 0.495 e. The summed E-state index contributed by atoms with van der Waals surface area (Å²) in [7, 11) is 1.50. The van der Waals surface area contributed by atoms with Crippen molar-refractivity contribution in [3.05, 3.63) is 74.7 Å². The molecule has 152 valence electrons. The van der Waals surface area contributed by atoms with E-state index in [2.05, 4.69) is 15.6 Å². The number of ether oxygens (including phenoxy) is 1. The van der Waals surface area contributed by atoms with Crippen LogP contribution in [0, 0.1) is 6.92 Å². The van der Waals surface area contributed by atoms with Crippen molar-refractivity contribution >= 4 is 56.9 Å². The van der Waals surface area contributed by atoms with E-state index in [4.69, 9.17) is 27.9 Å². The molecule has 30 heavy (non-hydrogen) atoms. The Bertz CT molecular complexity index is 1270. The maximum absolute atomic E-state index is 12.6. The van der Waals surface area contributed by atoms with Gasteiger partial charge in [0, 0.05) is 16.0 Å². The fourth-order valence-corrected chi connectivity index (χ4v) is 4.67. The van der Waals surface area contributed by atoms with Crippen molar-refractivity contribution in [2.45, 2.75) is 6.92 Å². The molecule has 0 saturated carbocycles. The zero-order valence-electron chi connectivity index (χ0n) is 16.0. The number of amides is 1. The Labute approximate surface area is 186 Å². The van der Waals surface area contributed by atoms with Gasteiger partial charge in [-0.05, 0) is 37.3 Å². The van der Waals surface area contributed by atoms with Gasteiger partial charge in [-0.1, -0.05) is 41.4 Å². The minimum Gasteiger partial charge on any atom is -0.495 e. The second-order valence-corrected chi connectivity index (χ2v) is 8.25. The Hall–Kier alpha value is -2.87. The first-order valence-corrected chi connectivity index (χ1v) is 10.5. The predicted octanol–water partition coefficient (Wildman–Crippen LogP) is 5.47. The van der Waals surface area contributed by atoms with Crippen LogP contribution in [0.15, 0.2) is 53.6 Å². The fraction of sp³-hybridized carbons (Fsp3) is 0.0952. The quantitative estimate of drug-likeness (QED) is 0.318. The number of nitrogens with one attached hydrogen (secondary N) is 1. The highest BCUT2D eigenvalue weighted by Gasteiger charge is 2.17. The van der Waals surface area contributed by atoms with Gasteiger partial charge in [-0.3, -0.25) is 4.79 Å². The van der Waals surface area contributed by atoms with Gasteiger partial charge in [0.25, 0.3) is 5.91 Å². The molecular formula is C21H16Cl2N4O2S. The number of thiophene rings is 1. The number of aromatic nitrogens is 2. The molecule has 0 aliphatic carbocycles. The Morgan fingerprint density at radius 3 is 2.73 bits per heavy atom. The molecule has 6 nitrogen and oxygen atoms in total. The molecule has 0 spiro atoms. The van der Waals surface area contributed by atoms with E-state index in [1.165, 1.54) is 24.7 Å². The van der Waals surface area contributed by atoms with Crippen LogP contribution in [0.3, 0.4) is 0 Å². The monoisotopic (exact) mass is 458 g/mol. The summed E-state index contributed by atoms with van der Waals surface area (Å²) in [4.78, 5) is 14.1. The minimum atomic E-state index is -0.321. The lowest BCUT2D eigenvalue weighted by Crippen LogP contribution is -2.16. The van der Waals surface area contributed by atoms with Gasteiger partial charge in [-0.25, -0.2) is 10.1 Å². The van der Waals surface area contributed by atoms with E-state index in [0.717, 1.165) is 21.6 Å². The summed E-state index contributed by atoms with van der Waals surface area (Å²) in [5.74, 6) is 0.109. The van der Waals surface area contributed by atoms with Gasteiger partial charge in [0.05, 0.1) is 34.6 Å². The van der Waals surface area contributed by atoms with E-state index in [9.17, 15) is 4.79 Å². The number of aryl methyl sites for hydroxylation is 1. The zero-order valence-corrected chi connectivity index (χ0v) is 18.3. The van der Waals surface area contributed by atoms with Crippen molar-refractivity contribution in [3.8, 4) is 11.4 Å². The highest BCUT2D eigenvalue weighted by molar-refractivity contribution is 7.20. The first kappa shape index (κ1) is 20.4. The maximum atomic E-state index is 12.6. The first-order valence-electron chi connectivity index (χ1n) is 8.89. The standard InChI is InChI=1S/C21H16Cl2N4O2S/c1-12-16-10-18(30-21(16)27(26-12)15-6-4-3-5-7-15)20(28)25-24-11-13-8-14(22)9-17(23)19(13)29-2/h3-11H,1-2H3,(H,25,28)/b24-11+. The lowest BCUT2D eigenvalue weighted by Gasteiger charge is -2.07. The lowest BCUT2D eigenvalue weighted by molar-refractivity contribution is 0.0959. The molecule has 0 radical (unpaired) electrons. The average molecular weight is 459 g/mol. The van der Waals surface area contributed by atoms with Gasteiger partial charge in [-0.15, -0.1) is 11.3 Å². The number of nitrogens with zero attached hydrogens (tertiary/aromatic N) is 3. The number of benzene rings is 2. The molecule has 2 aromatic heterocycles. The summed E-state index contributed by atoms with van der Waals surface area (Å²) >= 11 is 13.5. The molecular weight excluding hydrogens is 443 g/mol. The Kier molecular flexibility index (Phi) is 5.76. The van der Waals surface area contributed by atoms with Crippen LogP contribution in [0.1, 0.15) is 20.9 Å². The van der Waals surface area contributed by atoms with Gasteiger partial charge in [-0.2, -0.15) is 10.2 Å². The van der Waals surface area contributed by atoms with Crippen LogP contribution in [-0.2, 0) is 0 Å². The van der Waals surface area contributed by atoms with Crippen molar-refractivity contribution in [3.63, 3.8) is 0 Å². The molecule has 0 atom stereocenters. The second kappa shape index (κ2) is 8.47. The number of carbonyl (C=O) groups is 1. The molecule has 2 aromatic carbocycles. The molecule has 0 aliphatic rings. The van der Waals surface area contributed by atoms with Crippen molar-refractivity contribution < 1.29 is 9.53 Å². The first-order chi connectivity index (χ1) is 14.5. The molecule has 1 amide bonds. The van der Waals surface area contributed by atoms with E-state index in [1.54, 1.807) is 12.1 Å². The fourth-order valence-electron chi connectivity index (χ4n) is 3.01. The summed E-state index contributed by atoms with van der Waals surface area (Å²) < 4.78 is 7.11. The normalized spacial score (nSPS) is 11.3. The van der Waals surface area contributed by atoms with Gasteiger partial charge in [0.1, 0.15) is 10.6 Å². The van der Waals surface area contributed by atoms with E-state index in [-0.39, 0.29) is 5.91 Å². The van der Waals surface area contributed by atoms with Gasteiger partial charge < -0.3 is 4.74 Å². The highest BCUT2D eigenvalue weighted by Crippen LogP contribution is 2.32. The van der Waals surface area contributed by atoms with Crippen LogP contribution in [0.2, 0.25) is 10.0 Å². The predicted molar refractivity (Wildman–Crippen MR) is 122 cm³/mol. The van der Waals surface area contributed by atoms with Crippen LogP contribution in [0.5, 0.6) is 5.75 Å². The van der Waals surface area contributed by atoms with E-state index in [0.29, 0.717) is 26.2 Å². The van der Waals surface area contributed by atoms with Crippen LogP contribution in [0.25, 0.3) is 15.9 Å². The number of hydrogen-bond acceptors (Lipinski definition) is 5. The van der Waals surface area contributed by atoms with Gasteiger partial charge in [0.15, 0.2) is 0 Å². The van der Waals surface area contributed by atoms with E-state index in [1.807, 2.05) is 48.0 Å². The van der Waals surface area contributed by atoms with Crippen molar-refractivity contribution in [1.82, 2.24) is 15.2 Å². The van der Waals surface area contributed by atoms with Crippen LogP contribution >= 0.6 is 34.5 Å². The van der Waals surface area contributed by atoms with Crippen LogP contribution in [0.4, 0.5) is 0 Å². The number of hydrazone groups is 1. The molecule has 0 bridgehead atoms.